The molecule has 1 heterocycles. The van der Waals surface area contributed by atoms with E-state index in [2.05, 4.69) is 24.1 Å². The Balaban J connectivity index is 1.68. The summed E-state index contributed by atoms with van der Waals surface area (Å²) in [5, 5.41) is 3.67. The lowest BCUT2D eigenvalue weighted by atomic mass is 9.69. The maximum absolute atomic E-state index is 6.00. The molecule has 0 aromatic carbocycles. The van der Waals surface area contributed by atoms with Gasteiger partial charge in [-0.1, -0.05) is 26.7 Å². The normalized spacial score (nSPS) is 41.1. The van der Waals surface area contributed by atoms with Gasteiger partial charge >= 0.3 is 0 Å². The van der Waals surface area contributed by atoms with E-state index in [0.717, 1.165) is 31.7 Å². The zero-order valence-corrected chi connectivity index (χ0v) is 14.1. The predicted octanol–water partition coefficient (Wildman–Crippen LogP) is 3.05. The second kappa shape index (κ2) is 6.97. The quantitative estimate of drug-likeness (QED) is 0.843. The molecule has 1 N–H and O–H groups in total. The van der Waals surface area contributed by atoms with Gasteiger partial charge in [0, 0.05) is 25.7 Å². The van der Waals surface area contributed by atoms with Gasteiger partial charge in [-0.05, 0) is 50.0 Å². The third-order valence-corrected chi connectivity index (χ3v) is 6.07. The SMILES string of the molecule is CCNCC1(CN2CCOC3CCCC32)CCCC(C)C1. The van der Waals surface area contributed by atoms with Gasteiger partial charge in [-0.15, -0.1) is 0 Å². The zero-order valence-electron chi connectivity index (χ0n) is 14.1. The third kappa shape index (κ3) is 3.62. The Bertz CT molecular complexity index is 335. The number of hydrogen-bond donors (Lipinski definition) is 1. The first kappa shape index (κ1) is 15.8. The number of fused-ring (bicyclic) bond motifs is 1. The average molecular weight is 294 g/mol. The van der Waals surface area contributed by atoms with Crippen molar-refractivity contribution in [1.82, 2.24) is 10.2 Å². The summed E-state index contributed by atoms with van der Waals surface area (Å²) in [4.78, 5) is 2.80. The Hall–Kier alpha value is -0.120. The molecule has 1 aliphatic heterocycles. The van der Waals surface area contributed by atoms with E-state index in [4.69, 9.17) is 4.74 Å². The fraction of sp³-hybridized carbons (Fsp3) is 1.00. The van der Waals surface area contributed by atoms with Crippen molar-refractivity contribution < 1.29 is 4.74 Å². The van der Waals surface area contributed by atoms with Crippen LogP contribution in [0.1, 0.15) is 58.8 Å². The fourth-order valence-corrected chi connectivity index (χ4v) is 5.15. The van der Waals surface area contributed by atoms with Gasteiger partial charge in [0.15, 0.2) is 0 Å². The van der Waals surface area contributed by atoms with Crippen molar-refractivity contribution in [2.75, 3.05) is 32.8 Å². The lowest BCUT2D eigenvalue weighted by Gasteiger charge is -2.47. The van der Waals surface area contributed by atoms with Crippen molar-refractivity contribution in [2.24, 2.45) is 11.3 Å². The van der Waals surface area contributed by atoms with Gasteiger partial charge in [0.25, 0.3) is 0 Å². The number of nitrogens with zero attached hydrogens (tertiary/aromatic N) is 1. The first-order valence-corrected chi connectivity index (χ1v) is 9.29. The number of morpholine rings is 1. The van der Waals surface area contributed by atoms with Crippen LogP contribution >= 0.6 is 0 Å². The van der Waals surface area contributed by atoms with Crippen LogP contribution in [0.4, 0.5) is 0 Å². The van der Waals surface area contributed by atoms with E-state index in [1.807, 2.05) is 0 Å². The van der Waals surface area contributed by atoms with Gasteiger partial charge in [-0.25, -0.2) is 0 Å². The van der Waals surface area contributed by atoms with Crippen molar-refractivity contribution in [2.45, 2.75) is 70.9 Å². The van der Waals surface area contributed by atoms with Crippen LogP contribution < -0.4 is 5.32 Å². The summed E-state index contributed by atoms with van der Waals surface area (Å²) < 4.78 is 6.00. The molecule has 3 rings (SSSR count). The van der Waals surface area contributed by atoms with Crippen molar-refractivity contribution in [3.63, 3.8) is 0 Å². The maximum Gasteiger partial charge on any atom is 0.0730 e. The highest BCUT2D eigenvalue weighted by Gasteiger charge is 2.42. The van der Waals surface area contributed by atoms with Gasteiger partial charge in [-0.3, -0.25) is 4.90 Å². The van der Waals surface area contributed by atoms with Gasteiger partial charge in [0.1, 0.15) is 0 Å². The highest BCUT2D eigenvalue weighted by molar-refractivity contribution is 4.95. The van der Waals surface area contributed by atoms with Crippen molar-refractivity contribution in [3.05, 3.63) is 0 Å². The van der Waals surface area contributed by atoms with Crippen LogP contribution in [0, 0.1) is 11.3 Å². The molecule has 0 spiro atoms. The van der Waals surface area contributed by atoms with E-state index in [-0.39, 0.29) is 0 Å². The summed E-state index contributed by atoms with van der Waals surface area (Å²) in [5.41, 5.74) is 0.512. The molecule has 2 aliphatic carbocycles. The summed E-state index contributed by atoms with van der Waals surface area (Å²) in [7, 11) is 0. The summed E-state index contributed by atoms with van der Waals surface area (Å²) in [6, 6.07) is 0.717. The summed E-state index contributed by atoms with van der Waals surface area (Å²) >= 11 is 0. The number of rotatable bonds is 5. The third-order valence-electron chi connectivity index (χ3n) is 6.07. The molecule has 4 atom stereocenters. The minimum absolute atomic E-state index is 0.512. The number of ether oxygens (including phenoxy) is 1. The van der Waals surface area contributed by atoms with E-state index < -0.39 is 0 Å². The van der Waals surface area contributed by atoms with Gasteiger partial charge in [0.05, 0.1) is 12.7 Å². The van der Waals surface area contributed by atoms with Crippen LogP contribution in [0.3, 0.4) is 0 Å². The van der Waals surface area contributed by atoms with Crippen molar-refractivity contribution in [1.29, 1.82) is 0 Å². The molecule has 0 radical (unpaired) electrons. The molecule has 0 amide bonds. The largest absolute Gasteiger partial charge is 0.375 e. The van der Waals surface area contributed by atoms with Crippen LogP contribution in [-0.4, -0.2) is 49.8 Å². The Labute approximate surface area is 130 Å². The monoisotopic (exact) mass is 294 g/mol. The highest BCUT2D eigenvalue weighted by atomic mass is 16.5. The van der Waals surface area contributed by atoms with Gasteiger partial charge in [0.2, 0.25) is 0 Å². The standard InChI is InChI=1S/C18H34N2O/c1-3-19-13-18(9-5-6-15(2)12-18)14-20-10-11-21-17-8-4-7-16(17)20/h15-17,19H,3-14H2,1-2H3. The number of hydrogen-bond acceptors (Lipinski definition) is 3. The molecule has 0 bridgehead atoms. The first-order valence-electron chi connectivity index (χ1n) is 9.29. The van der Waals surface area contributed by atoms with Crippen LogP contribution in [0.2, 0.25) is 0 Å². The van der Waals surface area contributed by atoms with Crippen LogP contribution in [0.25, 0.3) is 0 Å². The Morgan fingerprint density at radius 3 is 2.95 bits per heavy atom. The van der Waals surface area contributed by atoms with Gasteiger partial charge in [-0.2, -0.15) is 0 Å². The Morgan fingerprint density at radius 2 is 2.14 bits per heavy atom. The summed E-state index contributed by atoms with van der Waals surface area (Å²) in [6.45, 7) is 10.4. The lowest BCUT2D eigenvalue weighted by Crippen LogP contribution is -2.55. The molecule has 122 valence electrons. The minimum Gasteiger partial charge on any atom is -0.375 e. The Kier molecular flexibility index (Phi) is 5.23. The second-order valence-electron chi connectivity index (χ2n) is 7.86. The number of nitrogens with one attached hydrogen (secondary N) is 1. The molecule has 2 saturated carbocycles. The molecule has 0 aromatic heterocycles. The maximum atomic E-state index is 6.00. The summed E-state index contributed by atoms with van der Waals surface area (Å²) in [6.07, 6.45) is 10.2. The molecule has 3 heteroatoms. The van der Waals surface area contributed by atoms with E-state index in [1.54, 1.807) is 0 Å². The molecule has 3 fully saturated rings. The van der Waals surface area contributed by atoms with E-state index in [0.29, 0.717) is 11.5 Å². The molecular formula is C18H34N2O. The van der Waals surface area contributed by atoms with Crippen LogP contribution in [0.5, 0.6) is 0 Å². The molecule has 3 nitrogen and oxygen atoms in total. The van der Waals surface area contributed by atoms with Gasteiger partial charge < -0.3 is 10.1 Å². The lowest BCUT2D eigenvalue weighted by molar-refractivity contribution is -0.0741. The topological polar surface area (TPSA) is 24.5 Å². The van der Waals surface area contributed by atoms with E-state index in [9.17, 15) is 0 Å². The molecule has 4 unspecified atom stereocenters. The minimum atomic E-state index is 0.512. The first-order chi connectivity index (χ1) is 10.2. The second-order valence-corrected chi connectivity index (χ2v) is 7.86. The van der Waals surface area contributed by atoms with E-state index >= 15 is 0 Å². The fourth-order valence-electron chi connectivity index (χ4n) is 5.15. The average Bonchev–Trinajstić information content (AvgIpc) is 2.95. The van der Waals surface area contributed by atoms with E-state index in [1.165, 1.54) is 58.0 Å². The van der Waals surface area contributed by atoms with Crippen LogP contribution in [0.15, 0.2) is 0 Å². The predicted molar refractivity (Wildman–Crippen MR) is 87.6 cm³/mol. The highest BCUT2D eigenvalue weighted by Crippen LogP contribution is 2.41. The van der Waals surface area contributed by atoms with Crippen molar-refractivity contribution in [3.8, 4) is 0 Å². The molecule has 1 saturated heterocycles. The molecule has 3 aliphatic rings. The Morgan fingerprint density at radius 1 is 1.24 bits per heavy atom. The molecule has 21 heavy (non-hydrogen) atoms. The van der Waals surface area contributed by atoms with Crippen molar-refractivity contribution >= 4 is 0 Å². The summed E-state index contributed by atoms with van der Waals surface area (Å²) in [5.74, 6) is 0.901. The molecular weight excluding hydrogens is 260 g/mol. The molecule has 0 aromatic rings. The van der Waals surface area contributed by atoms with Crippen LogP contribution in [-0.2, 0) is 4.74 Å². The zero-order chi connectivity index (χ0) is 14.7. The smallest absolute Gasteiger partial charge is 0.0730 e.